The van der Waals surface area contributed by atoms with Gasteiger partial charge in [-0.15, -0.1) is 0 Å². The number of rotatable bonds is 6. The van der Waals surface area contributed by atoms with Crippen LogP contribution in [0.5, 0.6) is 11.5 Å². The first kappa shape index (κ1) is 17.1. The highest BCUT2D eigenvalue weighted by molar-refractivity contribution is 6.32. The van der Waals surface area contributed by atoms with Crippen LogP contribution in [0.25, 0.3) is 11.1 Å². The highest BCUT2D eigenvalue weighted by atomic mass is 35.5. The molecule has 0 bridgehead atoms. The van der Waals surface area contributed by atoms with Gasteiger partial charge in [0, 0.05) is 25.0 Å². The lowest BCUT2D eigenvalue weighted by molar-refractivity contribution is -0.116. The number of ether oxygens (including phenoxy) is 2. The van der Waals surface area contributed by atoms with E-state index < -0.39 is 0 Å². The minimum absolute atomic E-state index is 0.190. The number of fused-ring (bicyclic) bond motifs is 1. The van der Waals surface area contributed by atoms with E-state index in [0.717, 1.165) is 5.52 Å². The highest BCUT2D eigenvalue weighted by Gasteiger charge is 2.14. The molecule has 0 radical (unpaired) electrons. The second-order valence-corrected chi connectivity index (χ2v) is 5.72. The Hall–Kier alpha value is -2.73. The first-order chi connectivity index (χ1) is 12.1. The number of aryl methyl sites for hydroxylation is 1. The SMILES string of the molecule is COc1cc(NC(=O)CCc2nc3ccccc3o2)c(OC)cc1Cl. The molecule has 6 nitrogen and oxygen atoms in total. The van der Waals surface area contributed by atoms with E-state index in [4.69, 9.17) is 25.5 Å². The Kier molecular flexibility index (Phi) is 5.09. The van der Waals surface area contributed by atoms with Crippen LogP contribution in [0.2, 0.25) is 5.02 Å². The van der Waals surface area contributed by atoms with E-state index in [0.29, 0.717) is 40.1 Å². The van der Waals surface area contributed by atoms with Crippen molar-refractivity contribution < 1.29 is 18.7 Å². The molecule has 1 aromatic heterocycles. The Bertz CT molecular complexity index is 874. The standard InChI is InChI=1S/C18H17ClN2O4/c1-23-15-10-13(16(24-2)9-11(15)19)20-17(22)7-8-18-21-12-5-3-4-6-14(12)25-18/h3-6,9-10H,7-8H2,1-2H3,(H,20,22). The molecule has 0 aliphatic carbocycles. The summed E-state index contributed by atoms with van der Waals surface area (Å²) < 4.78 is 16.0. The van der Waals surface area contributed by atoms with E-state index in [1.54, 1.807) is 12.1 Å². The number of nitrogens with zero attached hydrogens (tertiary/aromatic N) is 1. The molecule has 1 amide bonds. The molecule has 0 saturated heterocycles. The molecule has 130 valence electrons. The molecule has 0 spiro atoms. The number of methoxy groups -OCH3 is 2. The molecule has 3 rings (SSSR count). The molecule has 7 heteroatoms. The lowest BCUT2D eigenvalue weighted by Gasteiger charge is -2.13. The molecule has 25 heavy (non-hydrogen) atoms. The van der Waals surface area contributed by atoms with Crippen LogP contribution in [0, 0.1) is 0 Å². The van der Waals surface area contributed by atoms with Crippen molar-refractivity contribution in [3.63, 3.8) is 0 Å². The molecule has 0 unspecified atom stereocenters. The lowest BCUT2D eigenvalue weighted by Crippen LogP contribution is -2.13. The normalized spacial score (nSPS) is 10.7. The van der Waals surface area contributed by atoms with E-state index in [2.05, 4.69) is 10.3 Å². The second-order valence-electron chi connectivity index (χ2n) is 5.31. The summed E-state index contributed by atoms with van der Waals surface area (Å²) in [5.41, 5.74) is 1.98. The summed E-state index contributed by atoms with van der Waals surface area (Å²) in [6, 6.07) is 10.7. The molecule has 1 N–H and O–H groups in total. The van der Waals surface area contributed by atoms with Crippen LogP contribution in [0.4, 0.5) is 5.69 Å². The Labute approximate surface area is 149 Å². The number of hydrogen-bond donors (Lipinski definition) is 1. The zero-order valence-corrected chi connectivity index (χ0v) is 14.6. The third-order valence-electron chi connectivity index (χ3n) is 3.65. The van der Waals surface area contributed by atoms with Crippen molar-refractivity contribution in [2.24, 2.45) is 0 Å². The summed E-state index contributed by atoms with van der Waals surface area (Å²) in [6.45, 7) is 0. The van der Waals surface area contributed by atoms with Crippen LogP contribution in [-0.4, -0.2) is 25.1 Å². The van der Waals surface area contributed by atoms with E-state index >= 15 is 0 Å². The Balaban J connectivity index is 1.68. The fourth-order valence-corrected chi connectivity index (χ4v) is 2.65. The number of amides is 1. The van der Waals surface area contributed by atoms with Crippen molar-refractivity contribution in [3.8, 4) is 11.5 Å². The van der Waals surface area contributed by atoms with E-state index in [1.165, 1.54) is 14.2 Å². The number of aromatic nitrogens is 1. The van der Waals surface area contributed by atoms with Gasteiger partial charge >= 0.3 is 0 Å². The number of carbonyl (C=O) groups is 1. The van der Waals surface area contributed by atoms with Crippen LogP contribution in [0.3, 0.4) is 0 Å². The number of oxazole rings is 1. The van der Waals surface area contributed by atoms with Gasteiger partial charge in [-0.1, -0.05) is 23.7 Å². The van der Waals surface area contributed by atoms with Crippen molar-refractivity contribution in [3.05, 3.63) is 47.3 Å². The van der Waals surface area contributed by atoms with Crippen molar-refractivity contribution in [2.45, 2.75) is 12.8 Å². The molecule has 3 aromatic rings. The fraction of sp³-hybridized carbons (Fsp3) is 0.222. The summed E-state index contributed by atoms with van der Waals surface area (Å²) in [6.07, 6.45) is 0.620. The number of benzene rings is 2. The van der Waals surface area contributed by atoms with Crippen LogP contribution < -0.4 is 14.8 Å². The monoisotopic (exact) mass is 360 g/mol. The first-order valence-electron chi connectivity index (χ1n) is 7.66. The topological polar surface area (TPSA) is 73.6 Å². The maximum Gasteiger partial charge on any atom is 0.224 e. The van der Waals surface area contributed by atoms with Crippen molar-refractivity contribution in [2.75, 3.05) is 19.5 Å². The number of carbonyl (C=O) groups excluding carboxylic acids is 1. The molecular weight excluding hydrogens is 344 g/mol. The third kappa shape index (κ3) is 3.85. The highest BCUT2D eigenvalue weighted by Crippen LogP contribution is 2.35. The lowest BCUT2D eigenvalue weighted by atomic mass is 10.2. The number of hydrogen-bond acceptors (Lipinski definition) is 5. The predicted molar refractivity (Wildman–Crippen MR) is 95.5 cm³/mol. The summed E-state index contributed by atoms with van der Waals surface area (Å²) in [7, 11) is 3.01. The fourth-order valence-electron chi connectivity index (χ4n) is 2.42. The minimum Gasteiger partial charge on any atom is -0.495 e. The molecule has 0 fully saturated rings. The quantitative estimate of drug-likeness (QED) is 0.717. The van der Waals surface area contributed by atoms with Crippen LogP contribution in [-0.2, 0) is 11.2 Å². The smallest absolute Gasteiger partial charge is 0.224 e. The van der Waals surface area contributed by atoms with E-state index in [1.807, 2.05) is 24.3 Å². The molecule has 0 aliphatic rings. The van der Waals surface area contributed by atoms with E-state index in [9.17, 15) is 4.79 Å². The summed E-state index contributed by atoms with van der Waals surface area (Å²) in [4.78, 5) is 16.6. The van der Waals surface area contributed by atoms with Gasteiger partial charge in [-0.05, 0) is 12.1 Å². The first-order valence-corrected chi connectivity index (χ1v) is 8.04. The predicted octanol–water partition coefficient (Wildman–Crippen LogP) is 4.07. The van der Waals surface area contributed by atoms with Crippen molar-refractivity contribution in [1.82, 2.24) is 4.98 Å². The van der Waals surface area contributed by atoms with Gasteiger partial charge in [0.1, 0.15) is 17.0 Å². The summed E-state index contributed by atoms with van der Waals surface area (Å²) in [5.74, 6) is 1.25. The molecule has 2 aromatic carbocycles. The molecular formula is C18H17ClN2O4. The third-order valence-corrected chi connectivity index (χ3v) is 3.95. The van der Waals surface area contributed by atoms with Crippen LogP contribution >= 0.6 is 11.6 Å². The number of nitrogens with one attached hydrogen (secondary N) is 1. The number of halogens is 1. The summed E-state index contributed by atoms with van der Waals surface area (Å²) >= 11 is 6.06. The Morgan fingerprint density at radius 1 is 1.20 bits per heavy atom. The van der Waals surface area contributed by atoms with Gasteiger partial charge < -0.3 is 19.2 Å². The second kappa shape index (κ2) is 7.44. The van der Waals surface area contributed by atoms with Crippen molar-refractivity contribution >= 4 is 34.3 Å². The largest absolute Gasteiger partial charge is 0.495 e. The van der Waals surface area contributed by atoms with Gasteiger partial charge in [-0.2, -0.15) is 0 Å². The minimum atomic E-state index is -0.190. The maximum absolute atomic E-state index is 12.2. The molecule has 0 aliphatic heterocycles. The van der Waals surface area contributed by atoms with Crippen LogP contribution in [0.15, 0.2) is 40.8 Å². The van der Waals surface area contributed by atoms with Gasteiger partial charge in [-0.3, -0.25) is 4.79 Å². The van der Waals surface area contributed by atoms with Gasteiger partial charge in [-0.25, -0.2) is 4.98 Å². The Morgan fingerprint density at radius 2 is 1.96 bits per heavy atom. The van der Waals surface area contributed by atoms with E-state index in [-0.39, 0.29) is 12.3 Å². The van der Waals surface area contributed by atoms with Gasteiger partial charge in [0.05, 0.1) is 24.9 Å². The average Bonchev–Trinajstić information content (AvgIpc) is 3.04. The molecule has 1 heterocycles. The average molecular weight is 361 g/mol. The Morgan fingerprint density at radius 3 is 2.68 bits per heavy atom. The van der Waals surface area contributed by atoms with Gasteiger partial charge in [0.25, 0.3) is 0 Å². The van der Waals surface area contributed by atoms with Gasteiger partial charge in [0.15, 0.2) is 11.5 Å². The number of anilines is 1. The molecule has 0 atom stereocenters. The summed E-state index contributed by atoms with van der Waals surface area (Å²) in [5, 5.41) is 3.20. The zero-order valence-electron chi connectivity index (χ0n) is 13.8. The molecule has 0 saturated carbocycles. The van der Waals surface area contributed by atoms with Crippen molar-refractivity contribution in [1.29, 1.82) is 0 Å². The van der Waals surface area contributed by atoms with Crippen LogP contribution in [0.1, 0.15) is 12.3 Å². The zero-order chi connectivity index (χ0) is 17.8. The van der Waals surface area contributed by atoms with Gasteiger partial charge in [0.2, 0.25) is 5.91 Å². The number of para-hydroxylation sites is 2. The maximum atomic E-state index is 12.2.